The summed E-state index contributed by atoms with van der Waals surface area (Å²) in [6.45, 7) is 4.29. The molecule has 1 aliphatic heterocycles. The van der Waals surface area contributed by atoms with Gasteiger partial charge in [0.05, 0.1) is 34.0 Å². The van der Waals surface area contributed by atoms with Crippen molar-refractivity contribution in [3.8, 4) is 11.5 Å². The summed E-state index contributed by atoms with van der Waals surface area (Å²) in [6, 6.07) is 17.9. The maximum Gasteiger partial charge on any atom is 0.338 e. The van der Waals surface area contributed by atoms with Gasteiger partial charge in [0.2, 0.25) is 0 Å². The van der Waals surface area contributed by atoms with Gasteiger partial charge in [-0.25, -0.2) is 9.79 Å². The van der Waals surface area contributed by atoms with Crippen LogP contribution in [0.3, 0.4) is 0 Å². The number of carbonyl (C=O) groups excluding carboxylic acids is 1. The maximum absolute atomic E-state index is 14.1. The molecule has 7 nitrogen and oxygen atoms in total. The molecule has 1 atom stereocenters. The Morgan fingerprint density at radius 3 is 2.57 bits per heavy atom. The Hall–Kier alpha value is -3.18. The van der Waals surface area contributed by atoms with Gasteiger partial charge >= 0.3 is 5.97 Å². The quantitative estimate of drug-likeness (QED) is 0.158. The van der Waals surface area contributed by atoms with Gasteiger partial charge in [-0.3, -0.25) is 9.36 Å². The molecule has 0 N–H and O–H groups in total. The first-order valence-electron chi connectivity index (χ1n) is 14.0. The number of nitrogens with zero attached hydrogens (tertiary/aromatic N) is 2. The second-order valence-corrected chi connectivity index (χ2v) is 13.1. The monoisotopic (exact) mass is 758 g/mol. The van der Waals surface area contributed by atoms with Gasteiger partial charge in [0.15, 0.2) is 4.80 Å². The Morgan fingerprint density at radius 1 is 1.09 bits per heavy atom. The zero-order valence-corrected chi connectivity index (χ0v) is 29.0. The van der Waals surface area contributed by atoms with Gasteiger partial charge < -0.3 is 14.2 Å². The summed E-state index contributed by atoms with van der Waals surface area (Å²) in [5.41, 5.74) is 3.01. The van der Waals surface area contributed by atoms with Crippen LogP contribution in [-0.2, 0) is 16.1 Å². The van der Waals surface area contributed by atoms with E-state index in [1.807, 2.05) is 73.7 Å². The summed E-state index contributed by atoms with van der Waals surface area (Å²) >= 11 is 14.7. The van der Waals surface area contributed by atoms with Crippen molar-refractivity contribution in [3.05, 3.63) is 122 Å². The molecule has 0 fully saturated rings. The Bertz CT molecular complexity index is 1930. The lowest BCUT2D eigenvalue weighted by Gasteiger charge is -2.27. The van der Waals surface area contributed by atoms with Gasteiger partial charge in [0.25, 0.3) is 5.56 Å². The molecule has 0 bridgehead atoms. The maximum atomic E-state index is 14.1. The molecule has 2 heterocycles. The molecule has 3 aromatic carbocycles. The van der Waals surface area contributed by atoms with Crippen LogP contribution < -0.4 is 24.4 Å². The number of halogens is 3. The number of thiazole rings is 1. The summed E-state index contributed by atoms with van der Waals surface area (Å²) in [5.74, 6) is 0.689. The molecule has 0 saturated carbocycles. The van der Waals surface area contributed by atoms with Crippen molar-refractivity contribution >= 4 is 66.8 Å². The van der Waals surface area contributed by atoms with E-state index in [9.17, 15) is 9.59 Å². The molecule has 0 spiro atoms. The van der Waals surface area contributed by atoms with Crippen LogP contribution in [0.5, 0.6) is 11.5 Å². The normalized spacial score (nSPS) is 14.7. The van der Waals surface area contributed by atoms with Crippen molar-refractivity contribution in [3.63, 3.8) is 0 Å². The molecule has 0 amide bonds. The molecule has 1 aliphatic rings. The molecule has 0 unspecified atom stereocenters. The third-order valence-electron chi connectivity index (χ3n) is 6.97. The molecule has 0 radical (unpaired) electrons. The number of benzene rings is 3. The minimum Gasteiger partial charge on any atom is -0.496 e. The van der Waals surface area contributed by atoms with Crippen molar-refractivity contribution in [2.45, 2.75) is 39.3 Å². The zero-order valence-electron chi connectivity index (χ0n) is 24.2. The third kappa shape index (κ3) is 6.73. The van der Waals surface area contributed by atoms with E-state index in [0.717, 1.165) is 26.5 Å². The lowest BCUT2D eigenvalue weighted by atomic mass is 9.93. The lowest BCUT2D eigenvalue weighted by molar-refractivity contribution is -0.139. The smallest absolute Gasteiger partial charge is 0.338 e. The number of hydrogen-bond acceptors (Lipinski definition) is 7. The van der Waals surface area contributed by atoms with Crippen molar-refractivity contribution in [1.29, 1.82) is 0 Å². The van der Waals surface area contributed by atoms with Crippen molar-refractivity contribution < 1.29 is 19.0 Å². The van der Waals surface area contributed by atoms with Crippen LogP contribution >= 0.6 is 54.8 Å². The average molecular weight is 761 g/mol. The second-order valence-electron chi connectivity index (χ2n) is 9.87. The van der Waals surface area contributed by atoms with E-state index in [0.29, 0.717) is 55.7 Å². The number of ether oxygens (including phenoxy) is 3. The fraction of sp³-hybridized carbons (Fsp3) is 0.242. The van der Waals surface area contributed by atoms with Crippen LogP contribution in [-0.4, -0.2) is 24.3 Å². The minimum atomic E-state index is -0.784. The first kappa shape index (κ1) is 32.2. The number of aromatic nitrogens is 1. The van der Waals surface area contributed by atoms with Crippen molar-refractivity contribution in [2.24, 2.45) is 4.99 Å². The summed E-state index contributed by atoms with van der Waals surface area (Å²) in [5, 5.41) is 0.641. The van der Waals surface area contributed by atoms with Crippen LogP contribution in [0.25, 0.3) is 6.08 Å². The first-order chi connectivity index (χ1) is 21.2. The van der Waals surface area contributed by atoms with Crippen molar-refractivity contribution in [2.75, 3.05) is 13.7 Å². The molecule has 0 aliphatic carbocycles. The molecule has 0 saturated heterocycles. The molecule has 5 rings (SSSR count). The Morgan fingerprint density at radius 2 is 1.86 bits per heavy atom. The van der Waals surface area contributed by atoms with E-state index in [-0.39, 0.29) is 12.2 Å². The Balaban J connectivity index is 1.61. The fourth-order valence-electron chi connectivity index (χ4n) is 4.98. The largest absolute Gasteiger partial charge is 0.496 e. The van der Waals surface area contributed by atoms with Crippen LogP contribution in [0, 0.1) is 0 Å². The van der Waals surface area contributed by atoms with Crippen LogP contribution in [0.1, 0.15) is 49.4 Å². The second kappa shape index (κ2) is 14.3. The molecule has 4 aromatic rings. The molecular formula is C33H29Br2ClN2O5S. The topological polar surface area (TPSA) is 79.1 Å². The fourth-order valence-corrected chi connectivity index (χ4v) is 7.08. The number of esters is 1. The number of rotatable bonds is 10. The van der Waals surface area contributed by atoms with Crippen LogP contribution in [0.4, 0.5) is 0 Å². The minimum absolute atomic E-state index is 0.196. The van der Waals surface area contributed by atoms with Gasteiger partial charge in [-0.15, -0.1) is 0 Å². The summed E-state index contributed by atoms with van der Waals surface area (Å²) in [4.78, 5) is 32.9. The average Bonchev–Trinajstić information content (AvgIpc) is 3.31. The number of hydrogen-bond donors (Lipinski definition) is 0. The van der Waals surface area contributed by atoms with Gasteiger partial charge in [-0.1, -0.05) is 76.5 Å². The van der Waals surface area contributed by atoms with Gasteiger partial charge in [0.1, 0.15) is 24.1 Å². The SMILES string of the molecule is CCCC1=C(C(=O)OCC)[C@@H](c2cc(Br)ccc2OC)n2c(s/c(=C/c3ccc(OCc4ccccc4Cl)c(Br)c3)c2=O)=N1. The summed E-state index contributed by atoms with van der Waals surface area (Å²) in [6.07, 6.45) is 3.13. The molecule has 1 aromatic heterocycles. The summed E-state index contributed by atoms with van der Waals surface area (Å²) < 4.78 is 20.8. The number of carbonyl (C=O) groups is 1. The molecule has 44 heavy (non-hydrogen) atoms. The predicted molar refractivity (Wildman–Crippen MR) is 180 cm³/mol. The predicted octanol–water partition coefficient (Wildman–Crippen LogP) is 7.34. The number of methoxy groups -OCH3 is 1. The van der Waals surface area contributed by atoms with Crippen LogP contribution in [0.15, 0.2) is 90.7 Å². The highest BCUT2D eigenvalue weighted by atomic mass is 79.9. The van der Waals surface area contributed by atoms with Crippen LogP contribution in [0.2, 0.25) is 5.02 Å². The van der Waals surface area contributed by atoms with Crippen molar-refractivity contribution in [1.82, 2.24) is 4.57 Å². The molecule has 228 valence electrons. The van der Waals surface area contributed by atoms with E-state index in [2.05, 4.69) is 31.9 Å². The highest BCUT2D eigenvalue weighted by Gasteiger charge is 2.36. The first-order valence-corrected chi connectivity index (χ1v) is 16.7. The van der Waals surface area contributed by atoms with Gasteiger partial charge in [0, 0.05) is 20.6 Å². The third-order valence-corrected chi connectivity index (χ3v) is 9.44. The highest BCUT2D eigenvalue weighted by molar-refractivity contribution is 9.10. The zero-order chi connectivity index (χ0) is 31.4. The van der Waals surface area contributed by atoms with Gasteiger partial charge in [-0.2, -0.15) is 0 Å². The van der Waals surface area contributed by atoms with E-state index in [1.54, 1.807) is 18.6 Å². The molecular weight excluding hydrogens is 732 g/mol. The highest BCUT2D eigenvalue weighted by Crippen LogP contribution is 2.38. The Kier molecular flexibility index (Phi) is 10.5. The van der Waals surface area contributed by atoms with E-state index >= 15 is 0 Å². The van der Waals surface area contributed by atoms with E-state index in [1.165, 1.54) is 11.3 Å². The van der Waals surface area contributed by atoms with E-state index < -0.39 is 12.0 Å². The molecule has 11 heteroatoms. The standard InChI is InChI=1S/C33H29Br2ClN2O5S/c1-4-8-25-29(32(40)42-5-2)30(22-17-21(34)12-14-26(22)41-3)38-31(39)28(44-33(38)37-25)16-19-11-13-27(23(35)15-19)43-18-20-9-6-7-10-24(20)36/h6-7,9-17,30H,4-5,8,18H2,1-3H3/b28-16+/t30-/m1/s1. The van der Waals surface area contributed by atoms with E-state index in [4.69, 9.17) is 30.8 Å². The number of allylic oxidation sites excluding steroid dienone is 1. The lowest BCUT2D eigenvalue weighted by Crippen LogP contribution is -2.40. The van der Waals surface area contributed by atoms with Gasteiger partial charge in [-0.05, 0) is 77.3 Å². The Labute approximate surface area is 280 Å². The number of fused-ring (bicyclic) bond motifs is 1. The summed E-state index contributed by atoms with van der Waals surface area (Å²) in [7, 11) is 1.57.